The van der Waals surface area contributed by atoms with Gasteiger partial charge in [0.15, 0.2) is 0 Å². The first-order chi connectivity index (χ1) is 11.6. The third-order valence-corrected chi connectivity index (χ3v) is 4.00. The Kier molecular flexibility index (Phi) is 4.33. The maximum Gasteiger partial charge on any atom is 0.343 e. The predicted octanol–water partition coefficient (Wildman–Crippen LogP) is 2.98. The Hall–Kier alpha value is -3.08. The summed E-state index contributed by atoms with van der Waals surface area (Å²) in [5.74, 6) is -2.06. The van der Waals surface area contributed by atoms with Crippen LogP contribution in [-0.4, -0.2) is 16.2 Å². The smallest absolute Gasteiger partial charge is 0.343 e. The van der Waals surface area contributed by atoms with Crippen LogP contribution in [0.15, 0.2) is 63.8 Å². The summed E-state index contributed by atoms with van der Waals surface area (Å²) in [7, 11) is 0. The van der Waals surface area contributed by atoms with E-state index >= 15 is 0 Å². The molecular formula is C19H16O5. The molecule has 1 aromatic heterocycles. The van der Waals surface area contributed by atoms with E-state index in [1.165, 1.54) is 0 Å². The van der Waals surface area contributed by atoms with E-state index < -0.39 is 17.5 Å². The first-order valence-corrected chi connectivity index (χ1v) is 7.56. The molecule has 2 aromatic carbocycles. The lowest BCUT2D eigenvalue weighted by atomic mass is 9.92. The van der Waals surface area contributed by atoms with Gasteiger partial charge < -0.3 is 14.6 Å². The van der Waals surface area contributed by atoms with Crippen LogP contribution in [0.25, 0.3) is 11.0 Å². The maximum atomic E-state index is 12.1. The van der Waals surface area contributed by atoms with Crippen LogP contribution in [0.3, 0.4) is 0 Å². The van der Waals surface area contributed by atoms with Crippen LogP contribution in [0.1, 0.15) is 11.1 Å². The minimum absolute atomic E-state index is 0.00275. The standard InChI is InChI=1S/C19H16O5/c20-17-14-8-4-5-9-16(14)24-19(23)15(17)11-13(18(21)22)10-12-6-2-1-3-7-12/h1-9,13,20H,10-11H2,(H,21,22). The van der Waals surface area contributed by atoms with Crippen LogP contribution >= 0.6 is 0 Å². The average Bonchev–Trinajstić information content (AvgIpc) is 2.58. The molecule has 1 heterocycles. The van der Waals surface area contributed by atoms with Gasteiger partial charge in [0.1, 0.15) is 11.3 Å². The number of carbonyl (C=O) groups is 1. The molecule has 1 unspecified atom stereocenters. The molecule has 122 valence electrons. The van der Waals surface area contributed by atoms with Gasteiger partial charge in [-0.2, -0.15) is 0 Å². The summed E-state index contributed by atoms with van der Waals surface area (Å²) in [4.78, 5) is 23.7. The van der Waals surface area contributed by atoms with Gasteiger partial charge in [-0.25, -0.2) is 4.79 Å². The predicted molar refractivity (Wildman–Crippen MR) is 89.1 cm³/mol. The first-order valence-electron chi connectivity index (χ1n) is 7.56. The fourth-order valence-corrected chi connectivity index (χ4v) is 2.74. The molecule has 0 saturated carbocycles. The molecule has 3 rings (SSSR count). The summed E-state index contributed by atoms with van der Waals surface area (Å²) >= 11 is 0. The van der Waals surface area contributed by atoms with Crippen LogP contribution in [-0.2, 0) is 17.6 Å². The Morgan fingerprint density at radius 1 is 1.00 bits per heavy atom. The van der Waals surface area contributed by atoms with Crippen molar-refractivity contribution in [1.82, 2.24) is 0 Å². The summed E-state index contributed by atoms with van der Waals surface area (Å²) in [6.45, 7) is 0. The topological polar surface area (TPSA) is 87.7 Å². The maximum absolute atomic E-state index is 12.1. The minimum Gasteiger partial charge on any atom is -0.507 e. The van der Waals surface area contributed by atoms with E-state index in [2.05, 4.69) is 0 Å². The molecule has 0 amide bonds. The van der Waals surface area contributed by atoms with E-state index in [-0.39, 0.29) is 29.7 Å². The largest absolute Gasteiger partial charge is 0.507 e. The molecule has 0 saturated heterocycles. The van der Waals surface area contributed by atoms with Crippen molar-refractivity contribution in [3.05, 3.63) is 76.1 Å². The Morgan fingerprint density at radius 3 is 2.38 bits per heavy atom. The molecule has 0 aliphatic heterocycles. The zero-order chi connectivity index (χ0) is 17.1. The van der Waals surface area contributed by atoms with Crippen LogP contribution in [0, 0.1) is 5.92 Å². The number of aliphatic carboxylic acids is 1. The molecule has 5 nitrogen and oxygen atoms in total. The lowest BCUT2D eigenvalue weighted by Gasteiger charge is -2.13. The highest BCUT2D eigenvalue weighted by atomic mass is 16.4. The second-order valence-electron chi connectivity index (χ2n) is 5.64. The highest BCUT2D eigenvalue weighted by Crippen LogP contribution is 2.28. The van der Waals surface area contributed by atoms with Gasteiger partial charge in [0.25, 0.3) is 0 Å². The zero-order valence-corrected chi connectivity index (χ0v) is 12.8. The van der Waals surface area contributed by atoms with E-state index in [4.69, 9.17) is 4.42 Å². The van der Waals surface area contributed by atoms with E-state index in [1.54, 1.807) is 24.3 Å². The molecular weight excluding hydrogens is 308 g/mol. The van der Waals surface area contributed by atoms with Gasteiger partial charge in [-0.15, -0.1) is 0 Å². The summed E-state index contributed by atoms with van der Waals surface area (Å²) in [5.41, 5.74) is 0.427. The summed E-state index contributed by atoms with van der Waals surface area (Å²) < 4.78 is 5.20. The molecule has 0 radical (unpaired) electrons. The lowest BCUT2D eigenvalue weighted by molar-refractivity contribution is -0.141. The number of rotatable bonds is 5. The SMILES string of the molecule is O=C(O)C(Cc1ccccc1)Cc1c(O)c2ccccc2oc1=O. The Labute approximate surface area is 137 Å². The average molecular weight is 324 g/mol. The normalized spacial score (nSPS) is 12.2. The number of benzene rings is 2. The van der Waals surface area contributed by atoms with E-state index in [0.717, 1.165) is 5.56 Å². The Bertz CT molecular complexity index is 927. The van der Waals surface area contributed by atoms with Crippen molar-refractivity contribution in [2.24, 2.45) is 5.92 Å². The Morgan fingerprint density at radius 2 is 1.67 bits per heavy atom. The Balaban J connectivity index is 1.97. The molecule has 2 N–H and O–H groups in total. The van der Waals surface area contributed by atoms with Crippen molar-refractivity contribution in [1.29, 1.82) is 0 Å². The first kappa shape index (κ1) is 15.8. The van der Waals surface area contributed by atoms with Gasteiger partial charge in [0.05, 0.1) is 16.9 Å². The van der Waals surface area contributed by atoms with Crippen LogP contribution in [0.5, 0.6) is 5.75 Å². The number of carboxylic acid groups (broad SMARTS) is 1. The number of hydrogen-bond donors (Lipinski definition) is 2. The quantitative estimate of drug-likeness (QED) is 0.704. The molecule has 3 aromatic rings. The van der Waals surface area contributed by atoms with Crippen LogP contribution < -0.4 is 5.63 Å². The number of fused-ring (bicyclic) bond motifs is 1. The summed E-state index contributed by atoms with van der Waals surface area (Å²) in [6.07, 6.45) is 0.172. The van der Waals surface area contributed by atoms with Crippen LogP contribution in [0.4, 0.5) is 0 Å². The third-order valence-electron chi connectivity index (χ3n) is 4.00. The van der Waals surface area contributed by atoms with Gasteiger partial charge in [-0.05, 0) is 30.5 Å². The van der Waals surface area contributed by atoms with Gasteiger partial charge in [-0.1, -0.05) is 42.5 Å². The van der Waals surface area contributed by atoms with E-state index in [1.807, 2.05) is 30.3 Å². The van der Waals surface area contributed by atoms with Crippen molar-refractivity contribution in [3.63, 3.8) is 0 Å². The van der Waals surface area contributed by atoms with Gasteiger partial charge in [-0.3, -0.25) is 4.79 Å². The molecule has 0 bridgehead atoms. The van der Waals surface area contributed by atoms with Gasteiger partial charge in [0.2, 0.25) is 0 Å². The second kappa shape index (κ2) is 6.58. The summed E-state index contributed by atoms with van der Waals surface area (Å²) in [5, 5.41) is 20.2. The third kappa shape index (κ3) is 3.15. The number of carboxylic acids is 1. The number of aromatic hydroxyl groups is 1. The van der Waals surface area contributed by atoms with Crippen molar-refractivity contribution in [2.45, 2.75) is 12.8 Å². The fraction of sp³-hybridized carbons (Fsp3) is 0.158. The van der Waals surface area contributed by atoms with E-state index in [0.29, 0.717) is 5.39 Å². The molecule has 24 heavy (non-hydrogen) atoms. The number of para-hydroxylation sites is 1. The number of hydrogen-bond acceptors (Lipinski definition) is 4. The van der Waals surface area contributed by atoms with Crippen LogP contribution in [0.2, 0.25) is 0 Å². The van der Waals surface area contributed by atoms with E-state index in [9.17, 15) is 19.8 Å². The molecule has 1 atom stereocenters. The van der Waals surface area contributed by atoms with Crippen molar-refractivity contribution >= 4 is 16.9 Å². The zero-order valence-electron chi connectivity index (χ0n) is 12.8. The van der Waals surface area contributed by atoms with Gasteiger partial charge >= 0.3 is 11.6 Å². The molecule has 0 aliphatic carbocycles. The monoisotopic (exact) mass is 324 g/mol. The van der Waals surface area contributed by atoms with Crippen molar-refractivity contribution in [2.75, 3.05) is 0 Å². The fourth-order valence-electron chi connectivity index (χ4n) is 2.74. The second-order valence-corrected chi connectivity index (χ2v) is 5.64. The minimum atomic E-state index is -1.02. The highest BCUT2D eigenvalue weighted by Gasteiger charge is 2.24. The molecule has 0 fully saturated rings. The summed E-state index contributed by atoms with van der Waals surface area (Å²) in [6, 6.07) is 15.8. The highest BCUT2D eigenvalue weighted by molar-refractivity contribution is 5.84. The van der Waals surface area contributed by atoms with Crippen molar-refractivity contribution < 1.29 is 19.4 Å². The lowest BCUT2D eigenvalue weighted by Crippen LogP contribution is -2.22. The molecule has 5 heteroatoms. The van der Waals surface area contributed by atoms with Gasteiger partial charge in [0, 0.05) is 0 Å². The molecule has 0 aliphatic rings. The van der Waals surface area contributed by atoms with Crippen molar-refractivity contribution in [3.8, 4) is 5.75 Å². The molecule has 0 spiro atoms.